The lowest BCUT2D eigenvalue weighted by molar-refractivity contribution is -0.116. The van der Waals surface area contributed by atoms with E-state index in [0.29, 0.717) is 6.04 Å². The number of methoxy groups -OCH3 is 1. The molecular formula is C19H25N3O2S2. The normalized spacial score (nSPS) is 13.9. The molecule has 0 aliphatic heterocycles. The molecular weight excluding hydrogens is 366 g/mol. The van der Waals surface area contributed by atoms with Gasteiger partial charge in [0.1, 0.15) is 5.75 Å². The third-order valence-corrected chi connectivity index (χ3v) is 6.00. The minimum atomic E-state index is 0.0859. The van der Waals surface area contributed by atoms with Crippen molar-refractivity contribution >= 4 is 34.1 Å². The summed E-state index contributed by atoms with van der Waals surface area (Å²) in [6.07, 6.45) is 4.22. The van der Waals surface area contributed by atoms with Crippen molar-refractivity contribution in [2.24, 2.45) is 0 Å². The standard InChI is InChI=1S/C19H25N3O2S2/c1-13(23)22(16-6-7-16)19-20-15(12-26-19)11-21(2)10-14-5-8-18(25-4)17(9-14)24-3/h5,8-9,12,16H,6-7,10-11H2,1-4H3. The summed E-state index contributed by atoms with van der Waals surface area (Å²) in [5.41, 5.74) is 2.22. The monoisotopic (exact) mass is 391 g/mol. The van der Waals surface area contributed by atoms with Crippen molar-refractivity contribution in [1.29, 1.82) is 0 Å². The van der Waals surface area contributed by atoms with Gasteiger partial charge < -0.3 is 4.74 Å². The first-order chi connectivity index (χ1) is 12.5. The van der Waals surface area contributed by atoms with Gasteiger partial charge in [0, 0.05) is 36.3 Å². The molecule has 7 heteroatoms. The summed E-state index contributed by atoms with van der Waals surface area (Å²) < 4.78 is 5.47. The Labute approximate surface area is 163 Å². The van der Waals surface area contributed by atoms with Gasteiger partial charge in [0.15, 0.2) is 5.13 Å². The highest BCUT2D eigenvalue weighted by molar-refractivity contribution is 7.98. The second-order valence-corrected chi connectivity index (χ2v) is 8.29. The van der Waals surface area contributed by atoms with Crippen LogP contribution >= 0.6 is 23.1 Å². The number of carbonyl (C=O) groups excluding carboxylic acids is 1. The Bertz CT molecular complexity index is 774. The summed E-state index contributed by atoms with van der Waals surface area (Å²) in [6, 6.07) is 6.70. The maximum absolute atomic E-state index is 11.9. The summed E-state index contributed by atoms with van der Waals surface area (Å²) in [6.45, 7) is 3.19. The van der Waals surface area contributed by atoms with Gasteiger partial charge in [0.05, 0.1) is 12.8 Å². The van der Waals surface area contributed by atoms with Gasteiger partial charge in [-0.3, -0.25) is 14.6 Å². The molecule has 140 valence electrons. The summed E-state index contributed by atoms with van der Waals surface area (Å²) in [5.74, 6) is 1.00. The third-order valence-electron chi connectivity index (χ3n) is 4.33. The van der Waals surface area contributed by atoms with E-state index in [4.69, 9.17) is 4.74 Å². The van der Waals surface area contributed by atoms with Gasteiger partial charge >= 0.3 is 0 Å². The van der Waals surface area contributed by atoms with Crippen molar-refractivity contribution in [3.63, 3.8) is 0 Å². The third kappa shape index (κ3) is 4.58. The number of benzene rings is 1. The second-order valence-electron chi connectivity index (χ2n) is 6.60. The minimum Gasteiger partial charge on any atom is -0.496 e. The average Bonchev–Trinajstić information content (AvgIpc) is 3.33. The fraction of sp³-hybridized carbons (Fsp3) is 0.474. The summed E-state index contributed by atoms with van der Waals surface area (Å²) in [7, 11) is 3.79. The molecule has 1 amide bonds. The van der Waals surface area contributed by atoms with Gasteiger partial charge in [-0.15, -0.1) is 23.1 Å². The summed E-state index contributed by atoms with van der Waals surface area (Å²) >= 11 is 3.24. The van der Waals surface area contributed by atoms with Crippen molar-refractivity contribution < 1.29 is 9.53 Å². The average molecular weight is 392 g/mol. The number of aromatic nitrogens is 1. The molecule has 1 fully saturated rings. The van der Waals surface area contributed by atoms with E-state index in [-0.39, 0.29) is 5.91 Å². The molecule has 0 spiro atoms. The Hall–Kier alpha value is -1.57. The van der Waals surface area contributed by atoms with Crippen molar-refractivity contribution in [3.8, 4) is 5.75 Å². The van der Waals surface area contributed by atoms with E-state index in [1.165, 1.54) is 5.56 Å². The van der Waals surface area contributed by atoms with Crippen molar-refractivity contribution in [1.82, 2.24) is 9.88 Å². The zero-order valence-corrected chi connectivity index (χ0v) is 17.3. The highest BCUT2D eigenvalue weighted by atomic mass is 32.2. The predicted octanol–water partition coefficient (Wildman–Crippen LogP) is 4.02. The smallest absolute Gasteiger partial charge is 0.225 e. The molecule has 26 heavy (non-hydrogen) atoms. The fourth-order valence-electron chi connectivity index (χ4n) is 2.98. The number of amides is 1. The molecule has 0 N–H and O–H groups in total. The van der Waals surface area contributed by atoms with Gasteiger partial charge in [0.2, 0.25) is 5.91 Å². The van der Waals surface area contributed by atoms with Crippen LogP contribution in [-0.2, 0) is 17.9 Å². The number of hydrogen-bond acceptors (Lipinski definition) is 6. The minimum absolute atomic E-state index is 0.0859. The van der Waals surface area contributed by atoms with Crippen LogP contribution in [-0.4, -0.2) is 42.2 Å². The number of thiazole rings is 1. The number of anilines is 1. The maximum atomic E-state index is 11.9. The topological polar surface area (TPSA) is 45.7 Å². The summed E-state index contributed by atoms with van der Waals surface area (Å²) in [5, 5.41) is 2.89. The molecule has 1 aromatic carbocycles. The molecule has 1 aromatic heterocycles. The van der Waals surface area contributed by atoms with E-state index >= 15 is 0 Å². The van der Waals surface area contributed by atoms with Crippen LogP contribution in [0.3, 0.4) is 0 Å². The molecule has 5 nitrogen and oxygen atoms in total. The largest absolute Gasteiger partial charge is 0.496 e. The zero-order valence-electron chi connectivity index (χ0n) is 15.7. The highest BCUT2D eigenvalue weighted by Crippen LogP contribution is 2.34. The van der Waals surface area contributed by atoms with Crippen LogP contribution in [0.2, 0.25) is 0 Å². The molecule has 0 atom stereocenters. The van der Waals surface area contributed by atoms with Crippen LogP contribution in [0.15, 0.2) is 28.5 Å². The molecule has 1 heterocycles. The number of nitrogens with zero attached hydrogens (tertiary/aromatic N) is 3. The van der Waals surface area contributed by atoms with Crippen molar-refractivity contribution in [2.45, 2.75) is 43.8 Å². The van der Waals surface area contributed by atoms with E-state index in [1.807, 2.05) is 4.90 Å². The SMILES string of the molecule is COc1cc(CN(C)Cc2csc(N(C(C)=O)C3CC3)n2)ccc1SC. The molecule has 1 saturated carbocycles. The van der Waals surface area contributed by atoms with Gasteiger partial charge in [-0.05, 0) is 43.8 Å². The molecule has 3 rings (SSSR count). The quantitative estimate of drug-likeness (QED) is 0.636. The van der Waals surface area contributed by atoms with Gasteiger partial charge in [-0.1, -0.05) is 6.07 Å². The first-order valence-corrected chi connectivity index (χ1v) is 10.8. The zero-order chi connectivity index (χ0) is 18.7. The van der Waals surface area contributed by atoms with Crippen LogP contribution in [0.4, 0.5) is 5.13 Å². The number of hydrogen-bond donors (Lipinski definition) is 0. The Morgan fingerprint density at radius 1 is 1.38 bits per heavy atom. The van der Waals surface area contributed by atoms with Gasteiger partial charge in [0.25, 0.3) is 0 Å². The van der Waals surface area contributed by atoms with E-state index in [9.17, 15) is 4.79 Å². The molecule has 0 bridgehead atoms. The van der Waals surface area contributed by atoms with Crippen molar-refractivity contribution in [3.05, 3.63) is 34.8 Å². The number of rotatable bonds is 8. The van der Waals surface area contributed by atoms with E-state index < -0.39 is 0 Å². The second kappa shape index (κ2) is 8.41. The van der Waals surface area contributed by atoms with Gasteiger partial charge in [-0.2, -0.15) is 0 Å². The lowest BCUT2D eigenvalue weighted by atomic mass is 10.2. The lowest BCUT2D eigenvalue weighted by Crippen LogP contribution is -2.30. The maximum Gasteiger partial charge on any atom is 0.225 e. The number of ether oxygens (including phenoxy) is 1. The first-order valence-electron chi connectivity index (χ1n) is 8.65. The van der Waals surface area contributed by atoms with Crippen LogP contribution in [0.5, 0.6) is 5.75 Å². The number of carbonyl (C=O) groups is 1. The van der Waals surface area contributed by atoms with Crippen LogP contribution < -0.4 is 9.64 Å². The Morgan fingerprint density at radius 2 is 2.15 bits per heavy atom. The Kier molecular flexibility index (Phi) is 6.21. The molecule has 0 unspecified atom stereocenters. The molecule has 0 radical (unpaired) electrons. The Balaban J connectivity index is 1.63. The molecule has 0 saturated heterocycles. The van der Waals surface area contributed by atoms with E-state index in [1.54, 1.807) is 37.1 Å². The Morgan fingerprint density at radius 3 is 2.77 bits per heavy atom. The van der Waals surface area contributed by atoms with Crippen LogP contribution in [0.1, 0.15) is 31.0 Å². The van der Waals surface area contributed by atoms with Crippen LogP contribution in [0.25, 0.3) is 0 Å². The van der Waals surface area contributed by atoms with E-state index in [0.717, 1.165) is 47.4 Å². The van der Waals surface area contributed by atoms with Gasteiger partial charge in [-0.25, -0.2) is 4.98 Å². The summed E-state index contributed by atoms with van der Waals surface area (Å²) in [4.78, 5) is 21.8. The highest BCUT2D eigenvalue weighted by Gasteiger charge is 2.33. The van der Waals surface area contributed by atoms with Crippen LogP contribution in [0, 0.1) is 0 Å². The predicted molar refractivity (Wildman–Crippen MR) is 108 cm³/mol. The molecule has 1 aliphatic rings. The number of thioether (sulfide) groups is 1. The first kappa shape index (κ1) is 19.2. The molecule has 2 aromatic rings. The van der Waals surface area contributed by atoms with Crippen molar-refractivity contribution in [2.75, 3.05) is 25.3 Å². The lowest BCUT2D eigenvalue weighted by Gasteiger charge is -2.18. The van der Waals surface area contributed by atoms with E-state index in [2.05, 4.69) is 46.8 Å². The fourth-order valence-corrected chi connectivity index (χ4v) is 4.46. The molecule has 1 aliphatic carbocycles.